The highest BCUT2D eigenvalue weighted by Gasteiger charge is 2.38. The van der Waals surface area contributed by atoms with Gasteiger partial charge >= 0.3 is 6.09 Å². The molecule has 0 radical (unpaired) electrons. The molecule has 5 heteroatoms. The van der Waals surface area contributed by atoms with Crippen molar-refractivity contribution in [2.24, 2.45) is 0 Å². The van der Waals surface area contributed by atoms with Crippen molar-refractivity contribution >= 4 is 17.7 Å². The minimum Gasteiger partial charge on any atom is -0.465 e. The fraction of sp³-hybridized carbons (Fsp3) is 0.333. The molecule has 2 aromatic carbocycles. The van der Waals surface area contributed by atoms with Gasteiger partial charge in [0.2, 0.25) is 0 Å². The number of rotatable bonds is 4. The summed E-state index contributed by atoms with van der Waals surface area (Å²) < 4.78 is 0. The Kier molecular flexibility index (Phi) is 5.70. The summed E-state index contributed by atoms with van der Waals surface area (Å²) in [5, 5.41) is 12.7. The third kappa shape index (κ3) is 4.23. The Bertz CT molecular complexity index is 795. The summed E-state index contributed by atoms with van der Waals surface area (Å²) >= 11 is 0. The Labute approximate surface area is 154 Å². The molecule has 0 heterocycles. The Morgan fingerprint density at radius 2 is 1.62 bits per heavy atom. The Morgan fingerprint density at radius 1 is 1.00 bits per heavy atom. The van der Waals surface area contributed by atoms with Crippen molar-refractivity contribution in [2.75, 3.05) is 5.32 Å². The second-order valence-corrected chi connectivity index (χ2v) is 7.37. The predicted molar refractivity (Wildman–Crippen MR) is 103 cm³/mol. The summed E-state index contributed by atoms with van der Waals surface area (Å²) in [5.74, 6) is -0.373. The van der Waals surface area contributed by atoms with Crippen LogP contribution in [0, 0.1) is 13.8 Å². The van der Waals surface area contributed by atoms with Crippen LogP contribution in [0.25, 0.3) is 0 Å². The first-order chi connectivity index (χ1) is 12.1. The summed E-state index contributed by atoms with van der Waals surface area (Å²) in [7, 11) is 0. The molecule has 26 heavy (non-hydrogen) atoms. The van der Waals surface area contributed by atoms with Gasteiger partial charge in [0.15, 0.2) is 0 Å². The summed E-state index contributed by atoms with van der Waals surface area (Å²) in [6, 6.07) is 13.7. The van der Waals surface area contributed by atoms with E-state index in [0.717, 1.165) is 11.1 Å². The number of nitrogens with zero attached hydrogens (tertiary/aromatic N) is 1. The van der Waals surface area contributed by atoms with Crippen LogP contribution in [-0.4, -0.2) is 27.5 Å². The monoisotopic (exact) mass is 354 g/mol. The molecule has 0 saturated heterocycles. The molecule has 0 saturated carbocycles. The van der Waals surface area contributed by atoms with E-state index in [1.54, 1.807) is 45.0 Å². The molecule has 0 aliphatic rings. The van der Waals surface area contributed by atoms with Gasteiger partial charge in [-0.3, -0.25) is 9.69 Å². The van der Waals surface area contributed by atoms with Gasteiger partial charge in [0.25, 0.3) is 5.91 Å². The van der Waals surface area contributed by atoms with E-state index in [-0.39, 0.29) is 5.91 Å². The first-order valence-corrected chi connectivity index (χ1v) is 8.57. The summed E-state index contributed by atoms with van der Waals surface area (Å²) in [4.78, 5) is 26.3. The Morgan fingerprint density at radius 3 is 2.15 bits per heavy atom. The van der Waals surface area contributed by atoms with E-state index >= 15 is 0 Å². The molecule has 0 aromatic heterocycles. The maximum absolute atomic E-state index is 13.2. The van der Waals surface area contributed by atoms with Crippen molar-refractivity contribution in [3.8, 4) is 0 Å². The highest BCUT2D eigenvalue weighted by Crippen LogP contribution is 2.30. The first-order valence-electron chi connectivity index (χ1n) is 8.57. The second kappa shape index (κ2) is 7.60. The molecule has 1 unspecified atom stereocenters. The van der Waals surface area contributed by atoms with Crippen LogP contribution >= 0.6 is 0 Å². The average molecular weight is 354 g/mol. The maximum Gasteiger partial charge on any atom is 0.408 e. The number of amides is 2. The van der Waals surface area contributed by atoms with Crippen LogP contribution in [0.5, 0.6) is 0 Å². The number of hydrogen-bond donors (Lipinski definition) is 2. The number of nitrogens with one attached hydrogen (secondary N) is 1. The van der Waals surface area contributed by atoms with Crippen molar-refractivity contribution in [2.45, 2.75) is 46.2 Å². The van der Waals surface area contributed by atoms with E-state index in [0.29, 0.717) is 11.3 Å². The zero-order valence-electron chi connectivity index (χ0n) is 15.9. The largest absolute Gasteiger partial charge is 0.465 e. The van der Waals surface area contributed by atoms with Crippen LogP contribution in [0.1, 0.15) is 43.5 Å². The van der Waals surface area contributed by atoms with Crippen LogP contribution < -0.4 is 5.32 Å². The van der Waals surface area contributed by atoms with E-state index in [9.17, 15) is 14.7 Å². The van der Waals surface area contributed by atoms with Crippen LogP contribution in [0.15, 0.2) is 48.5 Å². The second-order valence-electron chi connectivity index (χ2n) is 7.37. The van der Waals surface area contributed by atoms with Gasteiger partial charge in [0, 0.05) is 11.2 Å². The smallest absolute Gasteiger partial charge is 0.408 e. The van der Waals surface area contributed by atoms with Gasteiger partial charge in [-0.1, -0.05) is 42.5 Å². The van der Waals surface area contributed by atoms with E-state index in [1.807, 2.05) is 38.1 Å². The highest BCUT2D eigenvalue weighted by molar-refractivity contribution is 5.98. The van der Waals surface area contributed by atoms with Crippen LogP contribution in [-0.2, 0) is 4.79 Å². The SMILES string of the molecule is Cc1cccc(NC(=O)C(c2ccccc2)N(C(=O)O)C(C)(C)C)c1C. The van der Waals surface area contributed by atoms with E-state index in [1.165, 1.54) is 4.90 Å². The predicted octanol–water partition coefficient (Wildman–Crippen LogP) is 4.76. The van der Waals surface area contributed by atoms with Gasteiger partial charge in [0.05, 0.1) is 0 Å². The third-order valence-electron chi connectivity index (χ3n) is 4.41. The summed E-state index contributed by atoms with van der Waals surface area (Å²) in [6.07, 6.45) is -1.14. The first kappa shape index (κ1) is 19.5. The number of carbonyl (C=O) groups excluding carboxylic acids is 1. The molecule has 0 fully saturated rings. The lowest BCUT2D eigenvalue weighted by molar-refractivity contribution is -0.122. The van der Waals surface area contributed by atoms with Crippen LogP contribution in [0.4, 0.5) is 10.5 Å². The number of aryl methyl sites for hydroxylation is 1. The molecule has 0 bridgehead atoms. The fourth-order valence-corrected chi connectivity index (χ4v) is 2.93. The molecule has 0 spiro atoms. The number of benzene rings is 2. The van der Waals surface area contributed by atoms with E-state index < -0.39 is 17.7 Å². The van der Waals surface area contributed by atoms with Crippen molar-refractivity contribution < 1.29 is 14.7 Å². The highest BCUT2D eigenvalue weighted by atomic mass is 16.4. The lowest BCUT2D eigenvalue weighted by atomic mass is 9.97. The fourth-order valence-electron chi connectivity index (χ4n) is 2.93. The number of carbonyl (C=O) groups is 2. The molecular weight excluding hydrogens is 328 g/mol. The van der Waals surface area contributed by atoms with Gasteiger partial charge in [0.1, 0.15) is 6.04 Å². The Hall–Kier alpha value is -2.82. The van der Waals surface area contributed by atoms with Crippen molar-refractivity contribution in [3.63, 3.8) is 0 Å². The van der Waals surface area contributed by atoms with Gasteiger partial charge in [-0.15, -0.1) is 0 Å². The number of anilines is 1. The Balaban J connectivity index is 2.48. The molecule has 1 atom stereocenters. The normalized spacial score (nSPS) is 12.3. The summed E-state index contributed by atoms with van der Waals surface area (Å²) in [6.45, 7) is 9.24. The molecule has 0 aliphatic carbocycles. The van der Waals surface area contributed by atoms with Crippen molar-refractivity contribution in [1.82, 2.24) is 4.90 Å². The van der Waals surface area contributed by atoms with Crippen molar-refractivity contribution in [1.29, 1.82) is 0 Å². The molecule has 0 aliphatic heterocycles. The van der Waals surface area contributed by atoms with Crippen LogP contribution in [0.2, 0.25) is 0 Å². The van der Waals surface area contributed by atoms with Gasteiger partial charge in [-0.2, -0.15) is 0 Å². The number of carboxylic acid groups (broad SMARTS) is 1. The maximum atomic E-state index is 13.2. The van der Waals surface area contributed by atoms with Crippen molar-refractivity contribution in [3.05, 3.63) is 65.2 Å². The third-order valence-corrected chi connectivity index (χ3v) is 4.41. The molecule has 2 amide bonds. The minimum absolute atomic E-state index is 0.373. The average Bonchev–Trinajstić information content (AvgIpc) is 2.56. The zero-order chi connectivity index (χ0) is 19.5. The summed E-state index contributed by atoms with van der Waals surface area (Å²) in [5.41, 5.74) is 2.60. The molecule has 138 valence electrons. The minimum atomic E-state index is -1.14. The van der Waals surface area contributed by atoms with E-state index in [2.05, 4.69) is 5.32 Å². The van der Waals surface area contributed by atoms with Gasteiger partial charge in [-0.25, -0.2) is 4.79 Å². The molecule has 2 aromatic rings. The van der Waals surface area contributed by atoms with Gasteiger partial charge in [-0.05, 0) is 57.4 Å². The van der Waals surface area contributed by atoms with Gasteiger partial charge < -0.3 is 10.4 Å². The molecule has 2 N–H and O–H groups in total. The molecule has 2 rings (SSSR count). The van der Waals surface area contributed by atoms with Crippen LogP contribution in [0.3, 0.4) is 0 Å². The molecule has 5 nitrogen and oxygen atoms in total. The lowest BCUT2D eigenvalue weighted by Crippen LogP contribution is -2.50. The standard InChI is InChI=1S/C21H26N2O3/c1-14-10-9-13-17(15(14)2)22-19(24)18(16-11-7-6-8-12-16)23(20(25)26)21(3,4)5/h6-13,18H,1-5H3,(H,22,24)(H,25,26). The number of hydrogen-bond acceptors (Lipinski definition) is 2. The van der Waals surface area contributed by atoms with E-state index in [4.69, 9.17) is 0 Å². The molecular formula is C21H26N2O3. The topological polar surface area (TPSA) is 69.6 Å². The quantitative estimate of drug-likeness (QED) is 0.831. The lowest BCUT2D eigenvalue weighted by Gasteiger charge is -2.39. The zero-order valence-corrected chi connectivity index (χ0v) is 15.9.